The molecule has 1 aliphatic rings. The van der Waals surface area contributed by atoms with Gasteiger partial charge in [0.2, 0.25) is 5.91 Å². The van der Waals surface area contributed by atoms with E-state index < -0.39 is 17.8 Å². The predicted molar refractivity (Wildman–Crippen MR) is 121 cm³/mol. The minimum atomic E-state index is -4.54. The van der Waals surface area contributed by atoms with Crippen LogP contribution in [0.15, 0.2) is 54.6 Å². The molecule has 0 spiro atoms. The first-order valence-corrected chi connectivity index (χ1v) is 11.3. The fraction of sp³-hybridized carbons (Fsp3) is 0.385. The molecule has 1 aromatic heterocycles. The molecule has 1 aliphatic carbocycles. The fourth-order valence-electron chi connectivity index (χ4n) is 5.03. The number of benzene rings is 2. The second-order valence-corrected chi connectivity index (χ2v) is 8.64. The molecule has 174 valence electrons. The Kier molecular flexibility index (Phi) is 6.58. The van der Waals surface area contributed by atoms with Crippen LogP contribution in [0.1, 0.15) is 66.6 Å². The van der Waals surface area contributed by atoms with Crippen molar-refractivity contribution in [2.45, 2.75) is 57.2 Å². The Hall–Kier alpha value is -3.09. The van der Waals surface area contributed by atoms with E-state index in [0.717, 1.165) is 43.7 Å². The minimum absolute atomic E-state index is 0.169. The maximum atomic E-state index is 13.4. The molecule has 2 aromatic carbocycles. The van der Waals surface area contributed by atoms with E-state index in [1.54, 1.807) is 30.3 Å². The van der Waals surface area contributed by atoms with Crippen molar-refractivity contribution < 1.29 is 22.7 Å². The standard InChI is InChI=1S/C26H27F3N2O2/c1-2-18(19-7-3-4-8-20(19)25(30)32)16-11-13-17(14-12-16)33-23-15-24(26(27,28)29)31-22-10-6-5-9-21(22)23/h3-10,15-18H,2,11-14H2,1H3,(H2,30,32)/t16?,17?,18-/m1/s1. The molecule has 1 fully saturated rings. The van der Waals surface area contributed by atoms with Crippen LogP contribution in [0.2, 0.25) is 0 Å². The Morgan fingerprint density at radius 3 is 2.42 bits per heavy atom. The van der Waals surface area contributed by atoms with E-state index in [4.69, 9.17) is 10.5 Å². The van der Waals surface area contributed by atoms with Gasteiger partial charge in [0.05, 0.1) is 11.6 Å². The lowest BCUT2D eigenvalue weighted by molar-refractivity contribution is -0.141. The summed E-state index contributed by atoms with van der Waals surface area (Å²) in [5, 5.41) is 0.578. The third-order valence-electron chi connectivity index (χ3n) is 6.62. The van der Waals surface area contributed by atoms with Crippen molar-refractivity contribution in [3.8, 4) is 5.75 Å². The van der Waals surface area contributed by atoms with Gasteiger partial charge in [0.25, 0.3) is 0 Å². The number of amides is 1. The van der Waals surface area contributed by atoms with Crippen LogP contribution in [0.4, 0.5) is 13.2 Å². The maximum absolute atomic E-state index is 13.4. The van der Waals surface area contributed by atoms with Crippen LogP contribution in [0.5, 0.6) is 5.75 Å². The van der Waals surface area contributed by atoms with Crippen LogP contribution in [-0.4, -0.2) is 17.0 Å². The lowest BCUT2D eigenvalue weighted by Crippen LogP contribution is -2.28. The Balaban J connectivity index is 1.51. The molecule has 3 aromatic rings. The number of fused-ring (bicyclic) bond motifs is 1. The van der Waals surface area contributed by atoms with Gasteiger partial charge >= 0.3 is 6.18 Å². The molecular weight excluding hydrogens is 429 g/mol. The van der Waals surface area contributed by atoms with Crippen molar-refractivity contribution in [1.29, 1.82) is 0 Å². The van der Waals surface area contributed by atoms with E-state index in [2.05, 4.69) is 11.9 Å². The number of aromatic nitrogens is 1. The molecule has 0 aliphatic heterocycles. The van der Waals surface area contributed by atoms with Crippen molar-refractivity contribution in [3.05, 3.63) is 71.4 Å². The van der Waals surface area contributed by atoms with Crippen LogP contribution >= 0.6 is 0 Å². The van der Waals surface area contributed by atoms with Crippen molar-refractivity contribution in [2.75, 3.05) is 0 Å². The van der Waals surface area contributed by atoms with E-state index >= 15 is 0 Å². The van der Waals surface area contributed by atoms with Crippen molar-refractivity contribution >= 4 is 16.8 Å². The first-order chi connectivity index (χ1) is 15.8. The highest BCUT2D eigenvalue weighted by molar-refractivity contribution is 5.94. The number of hydrogen-bond acceptors (Lipinski definition) is 3. The summed E-state index contributed by atoms with van der Waals surface area (Å²) >= 11 is 0. The van der Waals surface area contributed by atoms with E-state index in [0.29, 0.717) is 16.9 Å². The Morgan fingerprint density at radius 1 is 1.09 bits per heavy atom. The van der Waals surface area contributed by atoms with Gasteiger partial charge in [-0.15, -0.1) is 0 Å². The quantitative estimate of drug-likeness (QED) is 0.461. The number of halogens is 3. The summed E-state index contributed by atoms with van der Waals surface area (Å²) < 4.78 is 46.2. The highest BCUT2D eigenvalue weighted by Crippen LogP contribution is 2.41. The lowest BCUT2D eigenvalue weighted by atomic mass is 9.74. The van der Waals surface area contributed by atoms with E-state index in [9.17, 15) is 18.0 Å². The first-order valence-electron chi connectivity index (χ1n) is 11.3. The van der Waals surface area contributed by atoms with Gasteiger partial charge < -0.3 is 10.5 Å². The number of carbonyl (C=O) groups is 1. The molecule has 7 heteroatoms. The monoisotopic (exact) mass is 456 g/mol. The molecule has 2 N–H and O–H groups in total. The summed E-state index contributed by atoms with van der Waals surface area (Å²) in [5.74, 6) is 0.358. The number of pyridine rings is 1. The molecule has 33 heavy (non-hydrogen) atoms. The Labute approximate surface area is 191 Å². The number of hydrogen-bond donors (Lipinski definition) is 1. The van der Waals surface area contributed by atoms with Crippen LogP contribution in [-0.2, 0) is 6.18 Å². The van der Waals surface area contributed by atoms with Crippen molar-refractivity contribution in [3.63, 3.8) is 0 Å². The number of ether oxygens (including phenoxy) is 1. The smallest absolute Gasteiger partial charge is 0.433 e. The number of nitrogens with zero attached hydrogens (tertiary/aromatic N) is 1. The summed E-state index contributed by atoms with van der Waals surface area (Å²) in [4.78, 5) is 15.7. The number of para-hydroxylation sites is 1. The molecule has 1 amide bonds. The van der Waals surface area contributed by atoms with Gasteiger partial charge in [-0.1, -0.05) is 37.3 Å². The second kappa shape index (κ2) is 9.41. The molecule has 0 unspecified atom stereocenters. The number of carbonyl (C=O) groups excluding carboxylic acids is 1. The lowest BCUT2D eigenvalue weighted by Gasteiger charge is -2.34. The van der Waals surface area contributed by atoms with Gasteiger partial charge in [-0.3, -0.25) is 4.79 Å². The molecule has 1 heterocycles. The SMILES string of the molecule is CC[C@@H](c1ccccc1C(N)=O)C1CCC(Oc2cc(C(F)(F)F)nc3ccccc23)CC1. The number of nitrogens with two attached hydrogens (primary N) is 1. The number of alkyl halides is 3. The van der Waals surface area contributed by atoms with Gasteiger partial charge in [-0.2, -0.15) is 13.2 Å². The van der Waals surface area contributed by atoms with Crippen molar-refractivity contribution in [1.82, 2.24) is 4.98 Å². The third-order valence-corrected chi connectivity index (χ3v) is 6.62. The highest BCUT2D eigenvalue weighted by Gasteiger charge is 2.35. The second-order valence-electron chi connectivity index (χ2n) is 8.64. The number of primary amides is 1. The molecule has 4 nitrogen and oxygen atoms in total. The first kappa shape index (κ1) is 23.1. The largest absolute Gasteiger partial charge is 0.490 e. The van der Waals surface area contributed by atoms with Gasteiger partial charge in [-0.25, -0.2) is 4.98 Å². The average molecular weight is 457 g/mol. The molecule has 1 atom stereocenters. The summed E-state index contributed by atoms with van der Waals surface area (Å²) in [6.45, 7) is 2.10. The Bertz CT molecular complexity index is 1140. The summed E-state index contributed by atoms with van der Waals surface area (Å²) in [6.07, 6.45) is -0.629. The zero-order chi connectivity index (χ0) is 23.6. The fourth-order valence-corrected chi connectivity index (χ4v) is 5.03. The summed E-state index contributed by atoms with van der Waals surface area (Å²) in [5.41, 5.74) is 6.45. The highest BCUT2D eigenvalue weighted by atomic mass is 19.4. The van der Waals surface area contributed by atoms with Gasteiger partial charge in [-0.05, 0) is 67.7 Å². The third kappa shape index (κ3) is 4.97. The van der Waals surface area contributed by atoms with Crippen molar-refractivity contribution in [2.24, 2.45) is 11.7 Å². The van der Waals surface area contributed by atoms with Crippen LogP contribution < -0.4 is 10.5 Å². The summed E-state index contributed by atoms with van der Waals surface area (Å²) in [7, 11) is 0. The number of rotatable bonds is 6. The molecule has 1 saturated carbocycles. The van der Waals surface area contributed by atoms with Gasteiger partial charge in [0, 0.05) is 17.0 Å². The molecule has 0 saturated heterocycles. The zero-order valence-corrected chi connectivity index (χ0v) is 18.4. The van der Waals surface area contributed by atoms with E-state index in [-0.39, 0.29) is 23.3 Å². The van der Waals surface area contributed by atoms with E-state index in [1.165, 1.54) is 0 Å². The van der Waals surface area contributed by atoms with Crippen LogP contribution in [0.3, 0.4) is 0 Å². The average Bonchev–Trinajstić information content (AvgIpc) is 2.80. The van der Waals surface area contributed by atoms with Crippen LogP contribution in [0.25, 0.3) is 10.9 Å². The van der Waals surface area contributed by atoms with Gasteiger partial charge in [0.15, 0.2) is 0 Å². The van der Waals surface area contributed by atoms with Crippen LogP contribution in [0, 0.1) is 5.92 Å². The Morgan fingerprint density at radius 2 is 1.76 bits per heavy atom. The molecular formula is C26H27F3N2O2. The minimum Gasteiger partial charge on any atom is -0.490 e. The topological polar surface area (TPSA) is 65.2 Å². The zero-order valence-electron chi connectivity index (χ0n) is 18.4. The normalized spacial score (nSPS) is 19.9. The molecule has 0 bridgehead atoms. The maximum Gasteiger partial charge on any atom is 0.433 e. The molecule has 4 rings (SSSR count). The molecule has 0 radical (unpaired) electrons. The van der Waals surface area contributed by atoms with Gasteiger partial charge in [0.1, 0.15) is 11.4 Å². The predicted octanol–water partition coefficient (Wildman–Crippen LogP) is 6.48. The van der Waals surface area contributed by atoms with E-state index in [1.807, 2.05) is 18.2 Å². The summed E-state index contributed by atoms with van der Waals surface area (Å²) in [6, 6.07) is 15.2.